The molecule has 128 valence electrons. The molecule has 0 radical (unpaired) electrons. The number of amides is 1. The van der Waals surface area contributed by atoms with Gasteiger partial charge in [0.25, 0.3) is 0 Å². The van der Waals surface area contributed by atoms with E-state index >= 15 is 0 Å². The lowest BCUT2D eigenvalue weighted by Gasteiger charge is -2.42. The number of aliphatic hydroxyl groups excluding tert-OH is 1. The summed E-state index contributed by atoms with van der Waals surface area (Å²) in [4.78, 5) is 17.1. The number of aliphatic hydroxyl groups is 1. The third kappa shape index (κ3) is 4.55. The van der Waals surface area contributed by atoms with E-state index in [9.17, 15) is 9.90 Å². The highest BCUT2D eigenvalue weighted by molar-refractivity contribution is 5.81. The summed E-state index contributed by atoms with van der Waals surface area (Å²) in [6, 6.07) is 10.00. The Labute approximate surface area is 140 Å². The Hall–Kier alpha value is -1.39. The molecule has 1 N–H and O–H groups in total. The summed E-state index contributed by atoms with van der Waals surface area (Å²) in [5, 5.41) is 9.62. The molecular formula is C19H30N2O2. The summed E-state index contributed by atoms with van der Waals surface area (Å²) in [7, 11) is 0. The van der Waals surface area contributed by atoms with Crippen LogP contribution in [0.25, 0.3) is 0 Å². The predicted octanol–water partition coefficient (Wildman–Crippen LogP) is 2.52. The summed E-state index contributed by atoms with van der Waals surface area (Å²) in [5.74, 6) is 0.179. The fraction of sp³-hybridized carbons (Fsp3) is 0.632. The molecule has 1 saturated heterocycles. The first-order valence-electron chi connectivity index (χ1n) is 8.67. The van der Waals surface area contributed by atoms with Crippen molar-refractivity contribution in [1.82, 2.24) is 9.80 Å². The monoisotopic (exact) mass is 318 g/mol. The number of carbonyl (C=O) groups is 1. The second-order valence-corrected chi connectivity index (χ2v) is 7.06. The number of carbonyl (C=O) groups excluding carboxylic acids is 1. The van der Waals surface area contributed by atoms with Gasteiger partial charge in [0.15, 0.2) is 0 Å². The van der Waals surface area contributed by atoms with Crippen LogP contribution in [0.15, 0.2) is 30.3 Å². The van der Waals surface area contributed by atoms with Crippen molar-refractivity contribution >= 4 is 5.91 Å². The van der Waals surface area contributed by atoms with E-state index in [1.807, 2.05) is 36.9 Å². The van der Waals surface area contributed by atoms with Gasteiger partial charge < -0.3 is 10.0 Å². The summed E-state index contributed by atoms with van der Waals surface area (Å²) in [6.45, 7) is 9.42. The van der Waals surface area contributed by atoms with Gasteiger partial charge in [-0.15, -0.1) is 0 Å². The average Bonchev–Trinajstić information content (AvgIpc) is 2.59. The van der Waals surface area contributed by atoms with Crippen LogP contribution in [0.2, 0.25) is 0 Å². The fourth-order valence-corrected chi connectivity index (χ4v) is 3.39. The van der Waals surface area contributed by atoms with Gasteiger partial charge in [-0.3, -0.25) is 9.69 Å². The molecule has 4 heteroatoms. The van der Waals surface area contributed by atoms with Gasteiger partial charge in [-0.25, -0.2) is 0 Å². The average molecular weight is 318 g/mol. The lowest BCUT2D eigenvalue weighted by Crippen LogP contribution is -2.53. The molecule has 2 unspecified atom stereocenters. The first-order valence-corrected chi connectivity index (χ1v) is 8.67. The van der Waals surface area contributed by atoms with Crippen molar-refractivity contribution in [2.24, 2.45) is 5.41 Å². The predicted molar refractivity (Wildman–Crippen MR) is 93.0 cm³/mol. The molecule has 2 rings (SSSR count). The lowest BCUT2D eigenvalue weighted by atomic mass is 9.82. The Bertz CT molecular complexity index is 505. The molecule has 1 aliphatic heterocycles. The highest BCUT2D eigenvalue weighted by Crippen LogP contribution is 2.30. The van der Waals surface area contributed by atoms with Crippen molar-refractivity contribution < 1.29 is 9.90 Å². The Morgan fingerprint density at radius 3 is 2.70 bits per heavy atom. The Morgan fingerprint density at radius 2 is 2.09 bits per heavy atom. The zero-order valence-corrected chi connectivity index (χ0v) is 14.7. The quantitative estimate of drug-likeness (QED) is 0.876. The van der Waals surface area contributed by atoms with Gasteiger partial charge >= 0.3 is 0 Å². The summed E-state index contributed by atoms with van der Waals surface area (Å²) < 4.78 is 0. The zero-order valence-electron chi connectivity index (χ0n) is 14.7. The smallest absolute Gasteiger partial charge is 0.239 e. The van der Waals surface area contributed by atoms with Crippen LogP contribution in [0.1, 0.15) is 39.2 Å². The molecule has 1 aromatic rings. The van der Waals surface area contributed by atoms with Crippen LogP contribution in [0.5, 0.6) is 0 Å². The van der Waals surface area contributed by atoms with Gasteiger partial charge in [0.05, 0.1) is 6.04 Å². The molecule has 1 heterocycles. The van der Waals surface area contributed by atoms with Crippen molar-refractivity contribution in [2.45, 2.75) is 46.2 Å². The molecule has 0 spiro atoms. The van der Waals surface area contributed by atoms with Crippen LogP contribution >= 0.6 is 0 Å². The molecule has 23 heavy (non-hydrogen) atoms. The summed E-state index contributed by atoms with van der Waals surface area (Å²) >= 11 is 0. The number of likely N-dealkylation sites (tertiary alicyclic amines) is 1. The standard InChI is InChI=1S/C19H30N2O2/c1-4-20(13-17-9-6-5-7-10-17)18(23)16(2)21-12-8-11-19(3,14-21)15-22/h5-7,9-10,16,22H,4,8,11-15H2,1-3H3. The van der Waals surface area contributed by atoms with Crippen molar-refractivity contribution in [3.05, 3.63) is 35.9 Å². The van der Waals surface area contributed by atoms with E-state index < -0.39 is 0 Å². The van der Waals surface area contributed by atoms with Gasteiger partial charge in [-0.1, -0.05) is 37.3 Å². The van der Waals surface area contributed by atoms with Gasteiger partial charge in [-0.05, 0) is 38.8 Å². The van der Waals surface area contributed by atoms with Gasteiger partial charge in [0.1, 0.15) is 0 Å². The largest absolute Gasteiger partial charge is 0.396 e. The van der Waals surface area contributed by atoms with E-state index in [0.717, 1.165) is 31.5 Å². The topological polar surface area (TPSA) is 43.8 Å². The number of rotatable bonds is 6. The highest BCUT2D eigenvalue weighted by atomic mass is 16.3. The number of piperidine rings is 1. The molecule has 0 aromatic heterocycles. The SMILES string of the molecule is CCN(Cc1ccccc1)C(=O)C(C)N1CCCC(C)(CO)C1. The molecule has 4 nitrogen and oxygen atoms in total. The van der Waals surface area contributed by atoms with Crippen LogP contribution < -0.4 is 0 Å². The molecule has 0 aliphatic carbocycles. The maximum Gasteiger partial charge on any atom is 0.239 e. The van der Waals surface area contributed by atoms with Crippen molar-refractivity contribution in [2.75, 3.05) is 26.2 Å². The minimum atomic E-state index is -0.134. The maximum absolute atomic E-state index is 12.9. The zero-order chi connectivity index (χ0) is 16.9. The van der Waals surface area contributed by atoms with E-state index in [4.69, 9.17) is 0 Å². The third-order valence-electron chi connectivity index (χ3n) is 5.01. The van der Waals surface area contributed by atoms with Gasteiger partial charge in [0.2, 0.25) is 5.91 Å². The number of hydrogen-bond acceptors (Lipinski definition) is 3. The van der Waals surface area contributed by atoms with Crippen molar-refractivity contribution in [1.29, 1.82) is 0 Å². The lowest BCUT2D eigenvalue weighted by molar-refractivity contribution is -0.138. The van der Waals surface area contributed by atoms with E-state index in [-0.39, 0.29) is 24.0 Å². The maximum atomic E-state index is 12.9. The number of likely N-dealkylation sites (N-methyl/N-ethyl adjacent to an activating group) is 1. The second kappa shape index (κ2) is 7.93. The van der Waals surface area contributed by atoms with Gasteiger partial charge in [0, 0.05) is 31.7 Å². The number of benzene rings is 1. The van der Waals surface area contributed by atoms with Crippen LogP contribution in [-0.4, -0.2) is 53.1 Å². The molecule has 0 saturated carbocycles. The molecule has 1 fully saturated rings. The summed E-state index contributed by atoms with van der Waals surface area (Å²) in [6.07, 6.45) is 2.07. The second-order valence-electron chi connectivity index (χ2n) is 7.06. The first-order chi connectivity index (χ1) is 11.0. The molecule has 0 bridgehead atoms. The van der Waals surface area contributed by atoms with Crippen LogP contribution in [-0.2, 0) is 11.3 Å². The van der Waals surface area contributed by atoms with Crippen molar-refractivity contribution in [3.63, 3.8) is 0 Å². The third-order valence-corrected chi connectivity index (χ3v) is 5.01. The van der Waals surface area contributed by atoms with Crippen LogP contribution in [0.4, 0.5) is 0 Å². The normalized spacial score (nSPS) is 23.5. The molecule has 1 aliphatic rings. The highest BCUT2D eigenvalue weighted by Gasteiger charge is 2.35. The molecule has 1 amide bonds. The van der Waals surface area contributed by atoms with E-state index in [0.29, 0.717) is 13.1 Å². The Morgan fingerprint density at radius 1 is 1.39 bits per heavy atom. The minimum Gasteiger partial charge on any atom is -0.396 e. The first kappa shape index (κ1) is 18.0. The molecule has 1 aromatic carbocycles. The number of hydrogen-bond donors (Lipinski definition) is 1. The van der Waals surface area contributed by atoms with Gasteiger partial charge in [-0.2, -0.15) is 0 Å². The van der Waals surface area contributed by atoms with E-state index in [2.05, 4.69) is 24.0 Å². The number of nitrogens with zero attached hydrogens (tertiary/aromatic N) is 2. The Balaban J connectivity index is 2.02. The molecule has 2 atom stereocenters. The van der Waals surface area contributed by atoms with E-state index in [1.165, 1.54) is 0 Å². The van der Waals surface area contributed by atoms with E-state index in [1.54, 1.807) is 0 Å². The Kier molecular flexibility index (Phi) is 6.19. The summed E-state index contributed by atoms with van der Waals surface area (Å²) in [5.41, 5.74) is 1.08. The minimum absolute atomic E-state index is 0.0801. The molecular weight excluding hydrogens is 288 g/mol. The van der Waals surface area contributed by atoms with Crippen LogP contribution in [0.3, 0.4) is 0 Å². The van der Waals surface area contributed by atoms with Crippen molar-refractivity contribution in [3.8, 4) is 0 Å². The fourth-order valence-electron chi connectivity index (χ4n) is 3.39. The van der Waals surface area contributed by atoms with Crippen LogP contribution in [0, 0.1) is 5.41 Å².